The summed E-state index contributed by atoms with van der Waals surface area (Å²) in [4.78, 5) is 24.6. The fourth-order valence-electron chi connectivity index (χ4n) is 4.63. The Morgan fingerprint density at radius 1 is 1.28 bits per heavy atom. The highest BCUT2D eigenvalue weighted by molar-refractivity contribution is 5.82. The van der Waals surface area contributed by atoms with Gasteiger partial charge in [0.15, 0.2) is 11.5 Å². The van der Waals surface area contributed by atoms with Gasteiger partial charge in [0.2, 0.25) is 0 Å². The average Bonchev–Trinajstić information content (AvgIpc) is 3.13. The number of benzene rings is 1. The van der Waals surface area contributed by atoms with E-state index in [9.17, 15) is 9.90 Å². The first-order valence-corrected chi connectivity index (χ1v) is 9.44. The number of imidazole rings is 1. The second-order valence-electron chi connectivity index (χ2n) is 7.75. The number of ether oxygens (including phenoxy) is 2. The SMILES string of the molecule is COc1ccc(CO[C@H]2C[C@]3(C(=O)O)C[C@@H]3[C@H]2n2cnc3c(N)ncnc32)cc1. The quantitative estimate of drug-likeness (QED) is 0.649. The van der Waals surface area contributed by atoms with Crippen molar-refractivity contribution >= 4 is 23.0 Å². The van der Waals surface area contributed by atoms with Gasteiger partial charge in [0.05, 0.1) is 37.6 Å². The summed E-state index contributed by atoms with van der Waals surface area (Å²) in [7, 11) is 1.62. The highest BCUT2D eigenvalue weighted by Gasteiger charge is 2.71. The Morgan fingerprint density at radius 2 is 2.07 bits per heavy atom. The van der Waals surface area contributed by atoms with Crippen LogP contribution in [0, 0.1) is 11.3 Å². The van der Waals surface area contributed by atoms with Gasteiger partial charge < -0.3 is 24.9 Å². The number of anilines is 1. The lowest BCUT2D eigenvalue weighted by atomic mass is 10.0. The molecule has 0 amide bonds. The van der Waals surface area contributed by atoms with Crippen LogP contribution in [0.2, 0.25) is 0 Å². The van der Waals surface area contributed by atoms with E-state index in [0.717, 1.165) is 11.3 Å². The van der Waals surface area contributed by atoms with E-state index in [0.29, 0.717) is 36.4 Å². The fourth-order valence-corrected chi connectivity index (χ4v) is 4.63. The molecule has 3 aromatic rings. The second-order valence-corrected chi connectivity index (χ2v) is 7.75. The third kappa shape index (κ3) is 2.72. The van der Waals surface area contributed by atoms with E-state index >= 15 is 0 Å². The number of hydrogen-bond donors (Lipinski definition) is 2. The average molecular weight is 395 g/mol. The zero-order chi connectivity index (χ0) is 20.2. The van der Waals surface area contributed by atoms with Crippen LogP contribution in [0.15, 0.2) is 36.9 Å². The summed E-state index contributed by atoms with van der Waals surface area (Å²) in [5.41, 5.74) is 7.31. The first-order valence-electron chi connectivity index (χ1n) is 9.44. The zero-order valence-electron chi connectivity index (χ0n) is 15.9. The Kier molecular flexibility index (Phi) is 3.95. The molecule has 29 heavy (non-hydrogen) atoms. The first-order chi connectivity index (χ1) is 14.0. The molecule has 3 N–H and O–H groups in total. The Bertz CT molecular complexity index is 1080. The minimum atomic E-state index is -0.762. The van der Waals surface area contributed by atoms with E-state index in [4.69, 9.17) is 15.2 Å². The van der Waals surface area contributed by atoms with E-state index < -0.39 is 11.4 Å². The summed E-state index contributed by atoms with van der Waals surface area (Å²) >= 11 is 0. The van der Waals surface area contributed by atoms with Crippen molar-refractivity contribution in [2.75, 3.05) is 12.8 Å². The van der Waals surface area contributed by atoms with Gasteiger partial charge in [-0.25, -0.2) is 15.0 Å². The first kappa shape index (κ1) is 17.9. The smallest absolute Gasteiger partial charge is 0.310 e. The molecule has 0 saturated heterocycles. The molecule has 0 radical (unpaired) electrons. The van der Waals surface area contributed by atoms with Crippen LogP contribution < -0.4 is 10.5 Å². The predicted octanol–water partition coefficient (Wildman–Crippen LogP) is 2.04. The lowest BCUT2D eigenvalue weighted by Gasteiger charge is -2.24. The summed E-state index contributed by atoms with van der Waals surface area (Å²) < 4.78 is 13.3. The number of nitrogen functional groups attached to an aromatic ring is 1. The van der Waals surface area contributed by atoms with Crippen LogP contribution >= 0.6 is 0 Å². The number of hydrogen-bond acceptors (Lipinski definition) is 7. The molecule has 2 aliphatic carbocycles. The zero-order valence-corrected chi connectivity index (χ0v) is 15.9. The monoisotopic (exact) mass is 395 g/mol. The van der Waals surface area contributed by atoms with Gasteiger partial charge in [-0.1, -0.05) is 12.1 Å². The minimum absolute atomic E-state index is 0.0190. The Balaban J connectivity index is 1.44. The molecular weight excluding hydrogens is 374 g/mol. The fraction of sp³-hybridized carbons (Fsp3) is 0.400. The molecule has 2 saturated carbocycles. The Morgan fingerprint density at radius 3 is 2.79 bits per heavy atom. The molecule has 2 heterocycles. The van der Waals surface area contributed by atoms with Gasteiger partial charge in [-0.05, 0) is 36.5 Å². The maximum Gasteiger partial charge on any atom is 0.310 e. The number of carboxylic acid groups (broad SMARTS) is 1. The number of rotatable bonds is 6. The minimum Gasteiger partial charge on any atom is -0.497 e. The normalized spacial score (nSPS) is 27.7. The van der Waals surface area contributed by atoms with Crippen molar-refractivity contribution in [2.24, 2.45) is 11.3 Å². The van der Waals surface area contributed by atoms with Crippen LogP contribution in [0.3, 0.4) is 0 Å². The largest absolute Gasteiger partial charge is 0.497 e. The molecule has 0 spiro atoms. The molecule has 1 aromatic carbocycles. The number of methoxy groups -OCH3 is 1. The van der Waals surface area contributed by atoms with E-state index in [1.54, 1.807) is 13.4 Å². The molecular formula is C20H21N5O4. The number of aromatic nitrogens is 4. The summed E-state index contributed by atoms with van der Waals surface area (Å²) in [5.74, 6) is 0.305. The van der Waals surface area contributed by atoms with Crippen molar-refractivity contribution < 1.29 is 19.4 Å². The molecule has 2 fully saturated rings. The molecule has 9 heteroatoms. The van der Waals surface area contributed by atoms with Crippen LogP contribution in [0.25, 0.3) is 11.2 Å². The van der Waals surface area contributed by atoms with E-state index in [1.165, 1.54) is 6.33 Å². The van der Waals surface area contributed by atoms with Crippen molar-refractivity contribution in [2.45, 2.75) is 31.6 Å². The van der Waals surface area contributed by atoms with E-state index in [-0.39, 0.29) is 18.1 Å². The van der Waals surface area contributed by atoms with Crippen molar-refractivity contribution in [1.29, 1.82) is 0 Å². The summed E-state index contributed by atoms with van der Waals surface area (Å²) in [6.45, 7) is 0.386. The van der Waals surface area contributed by atoms with Crippen LogP contribution in [0.5, 0.6) is 5.75 Å². The maximum absolute atomic E-state index is 11.9. The summed E-state index contributed by atoms with van der Waals surface area (Å²) in [6, 6.07) is 7.48. The molecule has 9 nitrogen and oxygen atoms in total. The van der Waals surface area contributed by atoms with Crippen molar-refractivity contribution in [1.82, 2.24) is 19.5 Å². The van der Waals surface area contributed by atoms with Gasteiger partial charge in [0, 0.05) is 0 Å². The molecule has 2 aromatic heterocycles. The number of nitrogens with two attached hydrogens (primary N) is 1. The lowest BCUT2D eigenvalue weighted by Crippen LogP contribution is -2.25. The number of aliphatic carboxylic acids is 1. The third-order valence-corrected chi connectivity index (χ3v) is 6.25. The number of nitrogens with zero attached hydrogens (tertiary/aromatic N) is 4. The van der Waals surface area contributed by atoms with Gasteiger partial charge in [-0.3, -0.25) is 4.79 Å². The molecule has 2 aliphatic rings. The van der Waals surface area contributed by atoms with Crippen LogP contribution in [0.4, 0.5) is 5.82 Å². The molecule has 0 aliphatic heterocycles. The molecule has 5 rings (SSSR count). The molecule has 150 valence electrons. The van der Waals surface area contributed by atoms with Crippen LogP contribution in [0.1, 0.15) is 24.4 Å². The Hall–Kier alpha value is -3.20. The molecule has 0 unspecified atom stereocenters. The summed E-state index contributed by atoms with van der Waals surface area (Å²) in [6.07, 6.45) is 3.90. The van der Waals surface area contributed by atoms with Gasteiger partial charge in [0.1, 0.15) is 17.6 Å². The van der Waals surface area contributed by atoms with Gasteiger partial charge in [0.25, 0.3) is 0 Å². The van der Waals surface area contributed by atoms with Gasteiger partial charge in [-0.2, -0.15) is 0 Å². The Labute approximate surface area is 166 Å². The standard InChI is InChI=1S/C20H21N5O4/c1-28-12-4-2-11(3-5-12)8-29-14-7-20(19(26)27)6-13(20)16(14)25-10-24-15-17(21)22-9-23-18(15)25/h2-5,9-10,13-14,16H,6-8H2,1H3,(H,26,27)(H2,21,22,23)/t13-,14+,16-,20-/m1/s1. The van der Waals surface area contributed by atoms with Gasteiger partial charge >= 0.3 is 5.97 Å². The maximum atomic E-state index is 11.9. The third-order valence-electron chi connectivity index (χ3n) is 6.25. The van der Waals surface area contributed by atoms with Gasteiger partial charge in [-0.15, -0.1) is 0 Å². The van der Waals surface area contributed by atoms with Crippen molar-refractivity contribution in [3.05, 3.63) is 42.5 Å². The van der Waals surface area contributed by atoms with Crippen LogP contribution in [-0.4, -0.2) is 43.8 Å². The van der Waals surface area contributed by atoms with Crippen molar-refractivity contribution in [3.8, 4) is 5.75 Å². The number of carboxylic acids is 1. The second kappa shape index (κ2) is 6.41. The van der Waals surface area contributed by atoms with E-state index in [1.807, 2.05) is 28.8 Å². The number of fused-ring (bicyclic) bond motifs is 2. The highest BCUT2D eigenvalue weighted by Crippen LogP contribution is 2.68. The lowest BCUT2D eigenvalue weighted by molar-refractivity contribution is -0.144. The molecule has 4 atom stereocenters. The number of carbonyl (C=O) groups is 1. The van der Waals surface area contributed by atoms with E-state index in [2.05, 4.69) is 15.0 Å². The van der Waals surface area contributed by atoms with Crippen LogP contribution in [-0.2, 0) is 16.1 Å². The highest BCUT2D eigenvalue weighted by atomic mass is 16.5. The van der Waals surface area contributed by atoms with Crippen molar-refractivity contribution in [3.63, 3.8) is 0 Å². The predicted molar refractivity (Wildman–Crippen MR) is 103 cm³/mol. The molecule has 0 bridgehead atoms. The summed E-state index contributed by atoms with van der Waals surface area (Å²) in [5, 5.41) is 9.81. The topological polar surface area (TPSA) is 125 Å².